The minimum Gasteiger partial charge on any atom is -0.463 e. The van der Waals surface area contributed by atoms with Gasteiger partial charge < -0.3 is 10.1 Å². The molecule has 18 heavy (non-hydrogen) atoms. The number of nitrogens with one attached hydrogen (secondary N) is 1. The molecule has 1 aromatic carbocycles. The van der Waals surface area contributed by atoms with Gasteiger partial charge in [-0.3, -0.25) is 0 Å². The van der Waals surface area contributed by atoms with Gasteiger partial charge in [0, 0.05) is 30.7 Å². The van der Waals surface area contributed by atoms with E-state index in [9.17, 15) is 4.79 Å². The van der Waals surface area contributed by atoms with Crippen molar-refractivity contribution in [1.29, 1.82) is 0 Å². The van der Waals surface area contributed by atoms with Crippen LogP contribution in [0.5, 0.6) is 0 Å². The summed E-state index contributed by atoms with van der Waals surface area (Å²) < 4.78 is 4.54. The molecule has 2 rings (SSSR count). The molecule has 0 unspecified atom stereocenters. The third-order valence-corrected chi connectivity index (χ3v) is 2.50. The molecule has 0 bridgehead atoms. The number of hydrogen-bond donors (Lipinski definition) is 1. The van der Waals surface area contributed by atoms with Crippen molar-refractivity contribution in [1.82, 2.24) is 9.97 Å². The molecule has 0 saturated heterocycles. The van der Waals surface area contributed by atoms with Gasteiger partial charge in [0.1, 0.15) is 0 Å². The van der Waals surface area contributed by atoms with Crippen LogP contribution in [-0.4, -0.2) is 30.1 Å². The molecule has 0 aliphatic rings. The highest BCUT2D eigenvalue weighted by Gasteiger charge is 2.08. The number of esters is 1. The first-order valence-corrected chi connectivity index (χ1v) is 5.43. The number of anilines is 1. The lowest BCUT2D eigenvalue weighted by Crippen LogP contribution is -2.06. The average molecular weight is 243 g/mol. The van der Waals surface area contributed by atoms with E-state index in [1.807, 2.05) is 31.3 Å². The maximum absolute atomic E-state index is 11.2. The third-order valence-electron chi connectivity index (χ3n) is 2.50. The van der Waals surface area contributed by atoms with E-state index >= 15 is 0 Å². The Labute approximate surface area is 105 Å². The van der Waals surface area contributed by atoms with Crippen LogP contribution in [0.4, 0.5) is 5.69 Å². The molecule has 2 aromatic rings. The second-order valence-electron chi connectivity index (χ2n) is 3.62. The zero-order valence-electron chi connectivity index (χ0n) is 10.2. The van der Waals surface area contributed by atoms with Gasteiger partial charge in [0.25, 0.3) is 0 Å². The minimum atomic E-state index is -0.537. The highest BCUT2D eigenvalue weighted by molar-refractivity contribution is 5.85. The number of rotatable bonds is 3. The molecule has 1 N–H and O–H groups in total. The first-order valence-electron chi connectivity index (χ1n) is 5.43. The van der Waals surface area contributed by atoms with Crippen LogP contribution in [0.1, 0.15) is 10.6 Å². The Balaban J connectivity index is 2.31. The van der Waals surface area contributed by atoms with Crippen LogP contribution < -0.4 is 5.32 Å². The number of benzene rings is 1. The van der Waals surface area contributed by atoms with Crippen LogP contribution >= 0.6 is 0 Å². The summed E-state index contributed by atoms with van der Waals surface area (Å²) in [5.74, 6) is -0.475. The molecule has 5 nitrogen and oxygen atoms in total. The van der Waals surface area contributed by atoms with Crippen LogP contribution in [0.25, 0.3) is 11.1 Å². The lowest BCUT2D eigenvalue weighted by Gasteiger charge is -2.04. The van der Waals surface area contributed by atoms with Gasteiger partial charge in [-0.25, -0.2) is 14.8 Å². The van der Waals surface area contributed by atoms with Crippen molar-refractivity contribution >= 4 is 11.7 Å². The summed E-state index contributed by atoms with van der Waals surface area (Å²) in [4.78, 5) is 19.2. The zero-order chi connectivity index (χ0) is 13.0. The topological polar surface area (TPSA) is 64.1 Å². The molecule has 92 valence electrons. The maximum Gasteiger partial charge on any atom is 0.376 e. The maximum atomic E-state index is 11.2. The van der Waals surface area contributed by atoms with Crippen molar-refractivity contribution in [2.45, 2.75) is 0 Å². The summed E-state index contributed by atoms with van der Waals surface area (Å²) in [5, 5.41) is 3.06. The molecule has 0 saturated carbocycles. The summed E-state index contributed by atoms with van der Waals surface area (Å²) >= 11 is 0. The Bertz CT molecular complexity index is 552. The van der Waals surface area contributed by atoms with E-state index in [2.05, 4.69) is 20.0 Å². The van der Waals surface area contributed by atoms with Crippen LogP contribution in [-0.2, 0) is 4.74 Å². The fourth-order valence-electron chi connectivity index (χ4n) is 1.53. The van der Waals surface area contributed by atoms with Crippen molar-refractivity contribution in [3.63, 3.8) is 0 Å². The molecular weight excluding hydrogens is 230 g/mol. The molecule has 0 amide bonds. The molecule has 0 fully saturated rings. The van der Waals surface area contributed by atoms with Crippen molar-refractivity contribution in [3.05, 3.63) is 42.5 Å². The summed E-state index contributed by atoms with van der Waals surface area (Å²) in [6, 6.07) is 7.84. The highest BCUT2D eigenvalue weighted by atomic mass is 16.5. The Morgan fingerprint density at radius 1 is 1.22 bits per heavy atom. The normalized spacial score (nSPS) is 9.89. The molecule has 1 aromatic heterocycles. The molecule has 0 aliphatic carbocycles. The zero-order valence-corrected chi connectivity index (χ0v) is 10.2. The van der Waals surface area contributed by atoms with Gasteiger partial charge in [0.2, 0.25) is 5.82 Å². The lowest BCUT2D eigenvalue weighted by atomic mass is 10.1. The largest absolute Gasteiger partial charge is 0.463 e. The summed E-state index contributed by atoms with van der Waals surface area (Å²) in [6.45, 7) is 0. The molecule has 5 heteroatoms. The Morgan fingerprint density at radius 2 is 1.94 bits per heavy atom. The number of methoxy groups -OCH3 is 1. The van der Waals surface area contributed by atoms with Crippen LogP contribution in [0.3, 0.4) is 0 Å². The molecular formula is C13H13N3O2. The third kappa shape index (κ3) is 2.45. The Hall–Kier alpha value is -2.43. The first-order chi connectivity index (χ1) is 8.74. The van der Waals surface area contributed by atoms with Crippen molar-refractivity contribution in [3.8, 4) is 11.1 Å². The number of ether oxygens (including phenoxy) is 1. The first kappa shape index (κ1) is 12.0. The van der Waals surface area contributed by atoms with Crippen LogP contribution in [0.2, 0.25) is 0 Å². The monoisotopic (exact) mass is 243 g/mol. The van der Waals surface area contributed by atoms with E-state index in [0.717, 1.165) is 16.8 Å². The standard InChI is InChI=1S/C13H13N3O2/c1-14-11-5-3-4-9(6-11)10-7-15-12(16-8-10)13(17)18-2/h3-8,14H,1-2H3. The summed E-state index contributed by atoms with van der Waals surface area (Å²) in [6.07, 6.45) is 3.21. The lowest BCUT2D eigenvalue weighted by molar-refractivity contribution is 0.0586. The molecule has 0 atom stereocenters. The smallest absolute Gasteiger partial charge is 0.376 e. The van der Waals surface area contributed by atoms with Crippen molar-refractivity contribution < 1.29 is 9.53 Å². The van der Waals surface area contributed by atoms with Gasteiger partial charge in [-0.05, 0) is 17.7 Å². The Morgan fingerprint density at radius 3 is 2.56 bits per heavy atom. The van der Waals surface area contributed by atoms with E-state index in [-0.39, 0.29) is 5.82 Å². The van der Waals surface area contributed by atoms with E-state index in [0.29, 0.717) is 0 Å². The fourth-order valence-corrected chi connectivity index (χ4v) is 1.53. The van der Waals surface area contributed by atoms with Crippen molar-refractivity contribution in [2.75, 3.05) is 19.5 Å². The van der Waals surface area contributed by atoms with Gasteiger partial charge in [-0.2, -0.15) is 0 Å². The average Bonchev–Trinajstić information content (AvgIpc) is 2.46. The number of carbonyl (C=O) groups excluding carboxylic acids is 1. The summed E-state index contributed by atoms with van der Waals surface area (Å²) in [5.41, 5.74) is 2.84. The van der Waals surface area contributed by atoms with Gasteiger partial charge in [0.15, 0.2) is 0 Å². The quantitative estimate of drug-likeness (QED) is 0.835. The van der Waals surface area contributed by atoms with Crippen LogP contribution in [0.15, 0.2) is 36.7 Å². The number of aromatic nitrogens is 2. The van der Waals surface area contributed by atoms with Gasteiger partial charge in [-0.15, -0.1) is 0 Å². The van der Waals surface area contributed by atoms with Gasteiger partial charge in [0.05, 0.1) is 7.11 Å². The summed E-state index contributed by atoms with van der Waals surface area (Å²) in [7, 11) is 3.16. The molecule has 1 heterocycles. The second-order valence-corrected chi connectivity index (χ2v) is 3.62. The number of carbonyl (C=O) groups is 1. The SMILES string of the molecule is CNc1cccc(-c2cnc(C(=O)OC)nc2)c1. The van der Waals surface area contributed by atoms with Gasteiger partial charge in [-0.1, -0.05) is 12.1 Å². The molecule has 0 radical (unpaired) electrons. The highest BCUT2D eigenvalue weighted by Crippen LogP contribution is 2.21. The van der Waals surface area contributed by atoms with Crippen LogP contribution in [0, 0.1) is 0 Å². The van der Waals surface area contributed by atoms with Gasteiger partial charge >= 0.3 is 5.97 Å². The molecule has 0 aliphatic heterocycles. The fraction of sp³-hybridized carbons (Fsp3) is 0.154. The number of hydrogen-bond acceptors (Lipinski definition) is 5. The van der Waals surface area contributed by atoms with E-state index in [4.69, 9.17) is 0 Å². The second kappa shape index (κ2) is 5.27. The van der Waals surface area contributed by atoms with E-state index in [1.54, 1.807) is 12.4 Å². The van der Waals surface area contributed by atoms with E-state index in [1.165, 1.54) is 7.11 Å². The molecule has 0 spiro atoms. The Kier molecular flexibility index (Phi) is 3.52. The van der Waals surface area contributed by atoms with E-state index < -0.39 is 5.97 Å². The van der Waals surface area contributed by atoms with Crippen molar-refractivity contribution in [2.24, 2.45) is 0 Å². The number of nitrogens with zero attached hydrogens (tertiary/aromatic N) is 2. The predicted molar refractivity (Wildman–Crippen MR) is 68.4 cm³/mol. The minimum absolute atomic E-state index is 0.0611. The predicted octanol–water partition coefficient (Wildman–Crippen LogP) is 1.97.